The van der Waals surface area contributed by atoms with Gasteiger partial charge >= 0.3 is 0 Å². The molecule has 0 aliphatic rings. The van der Waals surface area contributed by atoms with Gasteiger partial charge in [-0.25, -0.2) is 0 Å². The lowest BCUT2D eigenvalue weighted by Crippen LogP contribution is -2.29. The van der Waals surface area contributed by atoms with Crippen molar-refractivity contribution in [3.63, 3.8) is 0 Å². The normalized spacial score (nSPS) is 13.2. The average molecular weight is 345 g/mol. The molecule has 6 heteroatoms. The number of pyridine rings is 1. The van der Waals surface area contributed by atoms with Gasteiger partial charge < -0.3 is 14.9 Å². The fraction of sp³-hybridized carbons (Fsp3) is 0.474. The molecule has 0 unspecified atom stereocenters. The first-order valence-corrected chi connectivity index (χ1v) is 8.27. The number of likely N-dealkylation sites (N-methyl/N-ethyl adjacent to an activating group) is 1. The second kappa shape index (κ2) is 7.80. The number of furan rings is 1. The Bertz CT molecular complexity index is 704. The van der Waals surface area contributed by atoms with Crippen LogP contribution in [0.3, 0.4) is 0 Å². The molecule has 0 spiro atoms. The molecule has 2 heterocycles. The topological polar surface area (TPSA) is 81.6 Å². The molecule has 2 aromatic heterocycles. The number of carbonyl (C=O) groups excluding carboxylic acids is 1. The largest absolute Gasteiger partial charge is 0.455 e. The third-order valence-electron chi connectivity index (χ3n) is 4.04. The predicted molar refractivity (Wildman–Crippen MR) is 96.2 cm³/mol. The molecular weight excluding hydrogens is 318 g/mol. The first kappa shape index (κ1) is 19.1. The van der Waals surface area contributed by atoms with Gasteiger partial charge in [0, 0.05) is 30.8 Å². The van der Waals surface area contributed by atoms with Crippen molar-refractivity contribution in [1.82, 2.24) is 9.88 Å². The summed E-state index contributed by atoms with van der Waals surface area (Å²) in [6.45, 7) is 7.25. The molecule has 1 atom stereocenters. The molecule has 1 amide bonds. The number of ether oxygens (including phenoxy) is 1. The predicted octanol–water partition coefficient (Wildman–Crippen LogP) is 2.89. The Labute approximate surface area is 149 Å². The molecule has 0 aliphatic heterocycles. The molecule has 2 rings (SSSR count). The van der Waals surface area contributed by atoms with Crippen LogP contribution in [0.4, 0.5) is 0 Å². The van der Waals surface area contributed by atoms with Gasteiger partial charge in [-0.05, 0) is 25.2 Å². The molecule has 2 N–H and O–H groups in total. The summed E-state index contributed by atoms with van der Waals surface area (Å²) in [6, 6.07) is 7.56. The van der Waals surface area contributed by atoms with Crippen LogP contribution in [-0.2, 0) is 16.7 Å². The van der Waals surface area contributed by atoms with Crippen molar-refractivity contribution in [3.05, 3.63) is 53.2 Å². The van der Waals surface area contributed by atoms with Gasteiger partial charge in [0.05, 0.1) is 18.3 Å². The summed E-state index contributed by atoms with van der Waals surface area (Å²) >= 11 is 0. The number of hydrogen-bond donors (Lipinski definition) is 1. The van der Waals surface area contributed by atoms with Gasteiger partial charge in [-0.2, -0.15) is 0 Å². The van der Waals surface area contributed by atoms with E-state index in [1.165, 1.54) is 0 Å². The third-order valence-corrected chi connectivity index (χ3v) is 4.04. The number of nitrogens with zero attached hydrogens (tertiary/aromatic N) is 2. The van der Waals surface area contributed by atoms with Gasteiger partial charge in [0.25, 0.3) is 5.91 Å². The van der Waals surface area contributed by atoms with Gasteiger partial charge in [-0.3, -0.25) is 14.7 Å². The van der Waals surface area contributed by atoms with E-state index < -0.39 is 5.91 Å². The Morgan fingerprint density at radius 2 is 2.12 bits per heavy atom. The molecule has 0 aliphatic carbocycles. The van der Waals surface area contributed by atoms with Crippen LogP contribution in [0.15, 0.2) is 34.9 Å². The second-order valence-electron chi connectivity index (χ2n) is 7.22. The molecule has 0 radical (unpaired) electrons. The first-order valence-electron chi connectivity index (χ1n) is 8.27. The van der Waals surface area contributed by atoms with E-state index in [2.05, 4.69) is 9.88 Å². The van der Waals surface area contributed by atoms with Crippen molar-refractivity contribution >= 4 is 5.91 Å². The number of aromatic nitrogens is 1. The summed E-state index contributed by atoms with van der Waals surface area (Å²) in [7, 11) is 3.68. The van der Waals surface area contributed by atoms with Gasteiger partial charge in [0.2, 0.25) is 0 Å². The molecule has 25 heavy (non-hydrogen) atoms. The van der Waals surface area contributed by atoms with E-state index in [0.717, 1.165) is 17.0 Å². The van der Waals surface area contributed by atoms with E-state index in [1.54, 1.807) is 19.4 Å². The Hall–Kier alpha value is -2.18. The summed E-state index contributed by atoms with van der Waals surface area (Å²) in [5.41, 5.74) is 7.04. The van der Waals surface area contributed by atoms with Crippen LogP contribution < -0.4 is 5.73 Å². The number of hydrogen-bond acceptors (Lipinski definition) is 5. The summed E-state index contributed by atoms with van der Waals surface area (Å²) in [4.78, 5) is 18.1. The molecule has 0 saturated carbocycles. The fourth-order valence-electron chi connectivity index (χ4n) is 2.85. The molecule has 0 saturated heterocycles. The van der Waals surface area contributed by atoms with E-state index in [4.69, 9.17) is 14.9 Å². The smallest absolute Gasteiger partial charge is 0.284 e. The highest BCUT2D eigenvalue weighted by atomic mass is 16.5. The quantitative estimate of drug-likeness (QED) is 0.834. The van der Waals surface area contributed by atoms with Crippen molar-refractivity contribution in [2.45, 2.75) is 38.8 Å². The van der Waals surface area contributed by atoms with Crippen LogP contribution in [-0.4, -0.2) is 36.6 Å². The monoisotopic (exact) mass is 345 g/mol. The minimum absolute atomic E-state index is 0.00838. The van der Waals surface area contributed by atoms with Crippen molar-refractivity contribution in [2.75, 3.05) is 20.8 Å². The van der Waals surface area contributed by atoms with Gasteiger partial charge in [0.1, 0.15) is 5.76 Å². The maximum Gasteiger partial charge on any atom is 0.284 e. The highest BCUT2D eigenvalue weighted by Crippen LogP contribution is 2.31. The zero-order valence-corrected chi connectivity index (χ0v) is 15.6. The van der Waals surface area contributed by atoms with E-state index in [-0.39, 0.29) is 17.2 Å². The number of rotatable bonds is 7. The van der Waals surface area contributed by atoms with E-state index in [1.807, 2.05) is 46.0 Å². The van der Waals surface area contributed by atoms with Gasteiger partial charge in [-0.15, -0.1) is 0 Å². The fourth-order valence-corrected chi connectivity index (χ4v) is 2.85. The van der Waals surface area contributed by atoms with Crippen LogP contribution in [0, 0.1) is 0 Å². The highest BCUT2D eigenvalue weighted by molar-refractivity contribution is 5.90. The lowest BCUT2D eigenvalue weighted by Gasteiger charge is -2.28. The van der Waals surface area contributed by atoms with Crippen molar-refractivity contribution in [1.29, 1.82) is 0 Å². The first-order chi connectivity index (χ1) is 11.7. The van der Waals surface area contributed by atoms with E-state index in [9.17, 15) is 4.79 Å². The Balaban J connectivity index is 2.31. The van der Waals surface area contributed by atoms with Gasteiger partial charge in [0.15, 0.2) is 5.76 Å². The maximum atomic E-state index is 11.5. The number of nitrogens with two attached hydrogens (primary N) is 1. The number of methoxy groups -OCH3 is 1. The Kier molecular flexibility index (Phi) is 5.98. The van der Waals surface area contributed by atoms with Crippen LogP contribution in [0.5, 0.6) is 0 Å². The molecule has 2 aromatic rings. The van der Waals surface area contributed by atoms with E-state index in [0.29, 0.717) is 13.2 Å². The lowest BCUT2D eigenvalue weighted by molar-refractivity contribution is 0.0970. The molecular formula is C19H27N3O3. The Morgan fingerprint density at radius 1 is 1.40 bits per heavy atom. The SMILES string of the molecule is COC[C@@H](c1ccccn1)N(C)Cc1cc(C(N)=O)oc1C(C)(C)C. The standard InChI is InChI=1S/C19H27N3O3/c1-19(2,3)17-13(10-16(25-17)18(20)23)11-22(4)15(12-24-5)14-8-6-7-9-21-14/h6-10,15H,11-12H2,1-5H3,(H2,20,23)/t15-/m0/s1. The molecule has 0 fully saturated rings. The number of amides is 1. The minimum Gasteiger partial charge on any atom is -0.455 e. The molecule has 6 nitrogen and oxygen atoms in total. The van der Waals surface area contributed by atoms with Crippen LogP contribution in [0.1, 0.15) is 54.4 Å². The molecule has 0 aromatic carbocycles. The second-order valence-corrected chi connectivity index (χ2v) is 7.22. The van der Waals surface area contributed by atoms with E-state index >= 15 is 0 Å². The zero-order valence-electron chi connectivity index (χ0n) is 15.6. The zero-order chi connectivity index (χ0) is 18.6. The summed E-state index contributed by atoms with van der Waals surface area (Å²) in [6.07, 6.45) is 1.77. The van der Waals surface area contributed by atoms with Crippen LogP contribution in [0.25, 0.3) is 0 Å². The summed E-state index contributed by atoms with van der Waals surface area (Å²) in [5.74, 6) is 0.400. The summed E-state index contributed by atoms with van der Waals surface area (Å²) < 4.78 is 11.1. The summed E-state index contributed by atoms with van der Waals surface area (Å²) in [5, 5.41) is 0. The number of carbonyl (C=O) groups is 1. The van der Waals surface area contributed by atoms with Crippen molar-refractivity contribution in [2.24, 2.45) is 5.73 Å². The highest BCUT2D eigenvalue weighted by Gasteiger charge is 2.27. The van der Waals surface area contributed by atoms with Crippen molar-refractivity contribution in [3.8, 4) is 0 Å². The molecule has 136 valence electrons. The average Bonchev–Trinajstić information content (AvgIpc) is 2.97. The van der Waals surface area contributed by atoms with Crippen LogP contribution >= 0.6 is 0 Å². The number of primary amides is 1. The van der Waals surface area contributed by atoms with Gasteiger partial charge in [-0.1, -0.05) is 26.8 Å². The minimum atomic E-state index is -0.558. The maximum absolute atomic E-state index is 11.5. The lowest BCUT2D eigenvalue weighted by atomic mass is 9.90. The van der Waals surface area contributed by atoms with Crippen molar-refractivity contribution < 1.29 is 13.9 Å². The molecule has 0 bridgehead atoms. The Morgan fingerprint density at radius 3 is 2.64 bits per heavy atom. The third kappa shape index (κ3) is 4.67. The van der Waals surface area contributed by atoms with Crippen LogP contribution in [0.2, 0.25) is 0 Å².